The number of para-hydroxylation sites is 2. The van der Waals surface area contributed by atoms with Crippen molar-refractivity contribution in [1.29, 1.82) is 0 Å². The zero-order chi connectivity index (χ0) is 36.6. The molecule has 0 N–H and O–H groups in total. The van der Waals surface area contributed by atoms with Gasteiger partial charge in [-0.1, -0.05) is 188 Å². The highest BCUT2D eigenvalue weighted by Gasteiger charge is 2.17. The summed E-state index contributed by atoms with van der Waals surface area (Å²) in [5.41, 5.74) is 13.5. The lowest BCUT2D eigenvalue weighted by Gasteiger charge is -2.13. The first-order valence-electron chi connectivity index (χ1n) is 18.4. The Hall–Kier alpha value is -7.43. The van der Waals surface area contributed by atoms with E-state index < -0.39 is 0 Å². The monoisotopic (exact) mass is 703 g/mol. The Kier molecular flexibility index (Phi) is 8.12. The Balaban J connectivity index is 1.03. The highest BCUT2D eigenvalue weighted by atomic mass is 16.3. The fourth-order valence-corrected chi connectivity index (χ4v) is 7.40. The largest absolute Gasteiger partial charge is 0.455 e. The van der Waals surface area contributed by atoms with E-state index in [1.807, 2.05) is 30.3 Å². The van der Waals surface area contributed by atoms with Crippen LogP contribution in [-0.4, -0.2) is 15.0 Å². The number of fused-ring (bicyclic) bond motifs is 3. The molecule has 8 aromatic carbocycles. The van der Waals surface area contributed by atoms with Gasteiger partial charge in [-0.15, -0.1) is 0 Å². The molecule has 0 saturated heterocycles. The van der Waals surface area contributed by atoms with Gasteiger partial charge in [0.25, 0.3) is 0 Å². The van der Waals surface area contributed by atoms with Gasteiger partial charge in [0, 0.05) is 33.0 Å². The summed E-state index contributed by atoms with van der Waals surface area (Å²) in [5, 5.41) is 2.26. The van der Waals surface area contributed by atoms with Gasteiger partial charge in [0.15, 0.2) is 17.5 Å². The molecule has 4 nitrogen and oxygen atoms in total. The molecular weight excluding hydrogens is 671 g/mol. The Morgan fingerprint density at radius 1 is 0.273 bits per heavy atom. The minimum Gasteiger partial charge on any atom is -0.455 e. The molecule has 0 fully saturated rings. The van der Waals surface area contributed by atoms with Gasteiger partial charge in [-0.3, -0.25) is 0 Å². The van der Waals surface area contributed by atoms with Gasteiger partial charge in [-0.25, -0.2) is 15.0 Å². The summed E-state index contributed by atoms with van der Waals surface area (Å²) in [7, 11) is 0. The first-order valence-corrected chi connectivity index (χ1v) is 18.4. The average Bonchev–Trinajstić information content (AvgIpc) is 3.66. The predicted octanol–water partition coefficient (Wildman–Crippen LogP) is 13.4. The van der Waals surface area contributed by atoms with Crippen molar-refractivity contribution >= 4 is 21.9 Å². The van der Waals surface area contributed by atoms with Crippen LogP contribution in [0.5, 0.6) is 0 Å². The van der Waals surface area contributed by atoms with E-state index >= 15 is 0 Å². The number of benzene rings is 8. The molecule has 4 heteroatoms. The number of nitrogens with zero attached hydrogens (tertiary/aromatic N) is 3. The van der Waals surface area contributed by atoms with E-state index in [1.165, 1.54) is 0 Å². The molecule has 0 unspecified atom stereocenters. The molecule has 0 bridgehead atoms. The van der Waals surface area contributed by atoms with Crippen LogP contribution in [0.25, 0.3) is 101 Å². The zero-order valence-electron chi connectivity index (χ0n) is 29.8. The summed E-state index contributed by atoms with van der Waals surface area (Å²) in [5.74, 6) is 1.87. The standard InChI is InChI=1S/C51H33N3O/c1-3-13-34(14-4-1)40-17-11-18-41(33-40)50-52-49(53-51(54-50)46-21-8-7-19-42(46)37-15-5-2-6-16-37)39-31-27-36(28-32-39)35-25-29-38(30-26-35)43-22-12-23-45-44-20-9-10-24-47(44)55-48(43)45/h1-33H. The second-order valence-corrected chi connectivity index (χ2v) is 13.6. The Bertz CT molecular complexity index is 2950. The highest BCUT2D eigenvalue weighted by molar-refractivity contribution is 6.09. The number of rotatable bonds is 7. The highest BCUT2D eigenvalue weighted by Crippen LogP contribution is 2.37. The van der Waals surface area contributed by atoms with Crippen LogP contribution in [0.15, 0.2) is 205 Å². The number of hydrogen-bond donors (Lipinski definition) is 0. The van der Waals surface area contributed by atoms with E-state index in [1.54, 1.807) is 0 Å². The van der Waals surface area contributed by atoms with Crippen LogP contribution < -0.4 is 0 Å². The molecule has 55 heavy (non-hydrogen) atoms. The van der Waals surface area contributed by atoms with Crippen LogP contribution in [0.2, 0.25) is 0 Å². The maximum absolute atomic E-state index is 6.32. The van der Waals surface area contributed by atoms with Crippen LogP contribution in [0.3, 0.4) is 0 Å². The van der Waals surface area contributed by atoms with Gasteiger partial charge in [0.2, 0.25) is 0 Å². The first-order chi connectivity index (χ1) is 27.2. The van der Waals surface area contributed by atoms with Crippen molar-refractivity contribution < 1.29 is 4.42 Å². The lowest BCUT2D eigenvalue weighted by atomic mass is 9.98. The van der Waals surface area contributed by atoms with Crippen LogP contribution in [0.4, 0.5) is 0 Å². The molecule has 10 rings (SSSR count). The molecular formula is C51H33N3O. The van der Waals surface area contributed by atoms with Crippen molar-refractivity contribution in [1.82, 2.24) is 15.0 Å². The van der Waals surface area contributed by atoms with Crippen molar-refractivity contribution in [3.63, 3.8) is 0 Å². The van der Waals surface area contributed by atoms with E-state index in [0.29, 0.717) is 17.5 Å². The van der Waals surface area contributed by atoms with Gasteiger partial charge in [-0.2, -0.15) is 0 Å². The summed E-state index contributed by atoms with van der Waals surface area (Å²) in [6.45, 7) is 0. The van der Waals surface area contributed by atoms with E-state index in [-0.39, 0.29) is 0 Å². The van der Waals surface area contributed by atoms with Crippen molar-refractivity contribution in [2.45, 2.75) is 0 Å². The molecule has 2 heterocycles. The van der Waals surface area contributed by atoms with Gasteiger partial charge < -0.3 is 4.42 Å². The van der Waals surface area contributed by atoms with Gasteiger partial charge in [0.1, 0.15) is 11.2 Å². The first kappa shape index (κ1) is 32.2. The maximum atomic E-state index is 6.32. The number of hydrogen-bond acceptors (Lipinski definition) is 4. The Labute approximate surface area is 319 Å². The SMILES string of the molecule is c1ccc(-c2cccc(-c3nc(-c4ccc(-c5ccc(-c6cccc7c6oc6ccccc67)cc5)cc4)nc(-c4ccccc4-c4ccccc4)n3)c2)cc1. The van der Waals surface area contributed by atoms with E-state index in [0.717, 1.165) is 83.1 Å². The smallest absolute Gasteiger partial charge is 0.164 e. The van der Waals surface area contributed by atoms with Gasteiger partial charge in [-0.05, 0) is 51.1 Å². The molecule has 0 radical (unpaired) electrons. The van der Waals surface area contributed by atoms with Crippen LogP contribution >= 0.6 is 0 Å². The topological polar surface area (TPSA) is 51.8 Å². The summed E-state index contributed by atoms with van der Waals surface area (Å²) in [4.78, 5) is 15.3. The minimum absolute atomic E-state index is 0.619. The van der Waals surface area contributed by atoms with Crippen LogP contribution in [-0.2, 0) is 0 Å². The third kappa shape index (κ3) is 6.16. The van der Waals surface area contributed by atoms with Crippen molar-refractivity contribution in [3.8, 4) is 78.7 Å². The second-order valence-electron chi connectivity index (χ2n) is 13.6. The molecule has 0 saturated carbocycles. The summed E-state index contributed by atoms with van der Waals surface area (Å²) < 4.78 is 6.32. The molecule has 258 valence electrons. The Morgan fingerprint density at radius 3 is 1.47 bits per heavy atom. The third-order valence-electron chi connectivity index (χ3n) is 10.2. The average molecular weight is 704 g/mol. The number of aromatic nitrogens is 3. The molecule has 10 aromatic rings. The van der Waals surface area contributed by atoms with E-state index in [4.69, 9.17) is 19.4 Å². The number of furan rings is 1. The summed E-state index contributed by atoms with van der Waals surface area (Å²) >= 11 is 0. The molecule has 0 aliphatic heterocycles. The quantitative estimate of drug-likeness (QED) is 0.166. The fraction of sp³-hybridized carbons (Fsp3) is 0. The molecule has 2 aromatic heterocycles. The molecule has 0 aliphatic carbocycles. The zero-order valence-corrected chi connectivity index (χ0v) is 29.8. The lowest BCUT2D eigenvalue weighted by molar-refractivity contribution is 0.670. The molecule has 0 amide bonds. The van der Waals surface area contributed by atoms with E-state index in [2.05, 4.69) is 170 Å². The van der Waals surface area contributed by atoms with E-state index in [9.17, 15) is 0 Å². The van der Waals surface area contributed by atoms with Crippen molar-refractivity contribution in [2.75, 3.05) is 0 Å². The van der Waals surface area contributed by atoms with Crippen molar-refractivity contribution in [2.24, 2.45) is 0 Å². The molecule has 0 atom stereocenters. The summed E-state index contributed by atoms with van der Waals surface area (Å²) in [6, 6.07) is 69.2. The van der Waals surface area contributed by atoms with Crippen LogP contribution in [0, 0.1) is 0 Å². The van der Waals surface area contributed by atoms with Gasteiger partial charge in [0.05, 0.1) is 0 Å². The molecule has 0 spiro atoms. The third-order valence-corrected chi connectivity index (χ3v) is 10.2. The summed E-state index contributed by atoms with van der Waals surface area (Å²) in [6.07, 6.45) is 0. The lowest BCUT2D eigenvalue weighted by Crippen LogP contribution is -2.01. The fourth-order valence-electron chi connectivity index (χ4n) is 7.40. The Morgan fingerprint density at radius 2 is 0.727 bits per heavy atom. The second kappa shape index (κ2) is 13.8. The maximum Gasteiger partial charge on any atom is 0.164 e. The molecule has 0 aliphatic rings. The normalized spacial score (nSPS) is 11.3. The minimum atomic E-state index is 0.619. The van der Waals surface area contributed by atoms with Crippen molar-refractivity contribution in [3.05, 3.63) is 200 Å². The van der Waals surface area contributed by atoms with Gasteiger partial charge >= 0.3 is 0 Å². The van der Waals surface area contributed by atoms with Crippen LogP contribution in [0.1, 0.15) is 0 Å². The predicted molar refractivity (Wildman–Crippen MR) is 225 cm³/mol.